The molecule has 124 valence electrons. The van der Waals surface area contributed by atoms with Gasteiger partial charge in [-0.25, -0.2) is 0 Å². The molecule has 2 rings (SSSR count). The molecule has 0 saturated heterocycles. The molecule has 0 aliphatic heterocycles. The van der Waals surface area contributed by atoms with Crippen LogP contribution in [0.3, 0.4) is 0 Å². The molecule has 0 heterocycles. The van der Waals surface area contributed by atoms with Crippen LogP contribution in [0.15, 0.2) is 34.3 Å². The Morgan fingerprint density at radius 2 is 2.26 bits per heavy atom. The number of carbonyl (C=O) groups is 2. The zero-order valence-corrected chi connectivity index (χ0v) is 14.9. The van der Waals surface area contributed by atoms with Gasteiger partial charge in [0.15, 0.2) is 12.4 Å². The van der Waals surface area contributed by atoms with Gasteiger partial charge < -0.3 is 10.1 Å². The van der Waals surface area contributed by atoms with E-state index < -0.39 is 6.10 Å². The van der Waals surface area contributed by atoms with Crippen molar-refractivity contribution in [1.29, 1.82) is 0 Å². The van der Waals surface area contributed by atoms with E-state index in [2.05, 4.69) is 27.3 Å². The Labute approximate surface area is 145 Å². The van der Waals surface area contributed by atoms with Crippen molar-refractivity contribution in [1.82, 2.24) is 5.32 Å². The first kappa shape index (κ1) is 17.7. The average molecular weight is 380 g/mol. The molecule has 5 heteroatoms. The van der Waals surface area contributed by atoms with Crippen LogP contribution >= 0.6 is 15.9 Å². The summed E-state index contributed by atoms with van der Waals surface area (Å²) < 4.78 is 6.41. The normalized spacial score (nSPS) is 15.5. The summed E-state index contributed by atoms with van der Waals surface area (Å²) in [7, 11) is 0. The second-order valence-corrected chi connectivity index (χ2v) is 6.62. The van der Waals surface area contributed by atoms with Gasteiger partial charge in [0.1, 0.15) is 5.75 Å². The van der Waals surface area contributed by atoms with Crippen LogP contribution < -0.4 is 10.1 Å². The summed E-state index contributed by atoms with van der Waals surface area (Å²) in [5.41, 5.74) is 1.85. The highest BCUT2D eigenvalue weighted by molar-refractivity contribution is 9.10. The van der Waals surface area contributed by atoms with E-state index >= 15 is 0 Å². The maximum Gasteiger partial charge on any atom is 0.260 e. The molecule has 0 unspecified atom stereocenters. The number of amides is 1. The van der Waals surface area contributed by atoms with Gasteiger partial charge in [-0.05, 0) is 57.2 Å². The van der Waals surface area contributed by atoms with E-state index in [4.69, 9.17) is 4.74 Å². The Morgan fingerprint density at radius 1 is 1.43 bits per heavy atom. The SMILES string of the molecule is C[C@@H](Oc1ccc(Br)cc1C=O)C(=O)NCCC1=CCCCC1. The van der Waals surface area contributed by atoms with E-state index in [9.17, 15) is 9.59 Å². The smallest absolute Gasteiger partial charge is 0.260 e. The van der Waals surface area contributed by atoms with Gasteiger partial charge in [0.05, 0.1) is 5.56 Å². The quantitative estimate of drug-likeness (QED) is 0.574. The maximum atomic E-state index is 12.1. The Balaban J connectivity index is 1.82. The second-order valence-electron chi connectivity index (χ2n) is 5.71. The minimum Gasteiger partial charge on any atom is -0.480 e. The molecule has 4 nitrogen and oxygen atoms in total. The van der Waals surface area contributed by atoms with Gasteiger partial charge in [-0.3, -0.25) is 9.59 Å². The van der Waals surface area contributed by atoms with Gasteiger partial charge in [-0.15, -0.1) is 0 Å². The van der Waals surface area contributed by atoms with Crippen LogP contribution in [-0.2, 0) is 4.79 Å². The van der Waals surface area contributed by atoms with Crippen molar-refractivity contribution in [2.75, 3.05) is 6.54 Å². The molecule has 23 heavy (non-hydrogen) atoms. The van der Waals surface area contributed by atoms with Crippen molar-refractivity contribution < 1.29 is 14.3 Å². The summed E-state index contributed by atoms with van der Waals surface area (Å²) in [6.07, 6.45) is 8.08. The molecule has 0 fully saturated rings. The lowest BCUT2D eigenvalue weighted by Crippen LogP contribution is -2.37. The van der Waals surface area contributed by atoms with Crippen LogP contribution in [0, 0.1) is 0 Å². The first-order valence-electron chi connectivity index (χ1n) is 7.97. The van der Waals surface area contributed by atoms with E-state index in [1.54, 1.807) is 25.1 Å². The number of carbonyl (C=O) groups excluding carboxylic acids is 2. The molecule has 1 aliphatic rings. The average Bonchev–Trinajstić information content (AvgIpc) is 2.57. The van der Waals surface area contributed by atoms with Gasteiger partial charge in [0.2, 0.25) is 0 Å². The van der Waals surface area contributed by atoms with E-state index in [-0.39, 0.29) is 5.91 Å². The fourth-order valence-corrected chi connectivity index (χ4v) is 2.96. The lowest BCUT2D eigenvalue weighted by atomic mass is 9.97. The summed E-state index contributed by atoms with van der Waals surface area (Å²) in [6, 6.07) is 5.13. The number of hydrogen-bond acceptors (Lipinski definition) is 3. The zero-order chi connectivity index (χ0) is 16.7. The molecule has 1 atom stereocenters. The van der Waals surface area contributed by atoms with Crippen molar-refractivity contribution in [3.8, 4) is 5.75 Å². The van der Waals surface area contributed by atoms with Gasteiger partial charge in [-0.1, -0.05) is 27.6 Å². The lowest BCUT2D eigenvalue weighted by molar-refractivity contribution is -0.127. The Kier molecular flexibility index (Phi) is 6.84. The highest BCUT2D eigenvalue weighted by atomic mass is 79.9. The van der Waals surface area contributed by atoms with Crippen LogP contribution in [0.2, 0.25) is 0 Å². The van der Waals surface area contributed by atoms with E-state index in [0.717, 1.165) is 30.0 Å². The lowest BCUT2D eigenvalue weighted by Gasteiger charge is -2.17. The fourth-order valence-electron chi connectivity index (χ4n) is 2.58. The molecule has 1 amide bonds. The standard InChI is InChI=1S/C18H22BrNO3/c1-13(23-17-8-7-16(19)11-15(17)12-21)18(22)20-10-9-14-5-3-2-4-6-14/h5,7-8,11-13H,2-4,6,9-10H2,1H3,(H,20,22)/t13-/m1/s1. The van der Waals surface area contributed by atoms with Crippen molar-refractivity contribution in [2.45, 2.75) is 45.1 Å². The van der Waals surface area contributed by atoms with Gasteiger partial charge in [0, 0.05) is 11.0 Å². The number of aldehydes is 1. The number of hydrogen-bond donors (Lipinski definition) is 1. The summed E-state index contributed by atoms with van der Waals surface area (Å²) in [4.78, 5) is 23.2. The van der Waals surface area contributed by atoms with Crippen LogP contribution in [-0.4, -0.2) is 24.8 Å². The van der Waals surface area contributed by atoms with Crippen LogP contribution in [0.5, 0.6) is 5.75 Å². The van der Waals surface area contributed by atoms with Crippen molar-refractivity contribution in [3.05, 3.63) is 39.9 Å². The number of ether oxygens (including phenoxy) is 1. The molecule has 0 aromatic heterocycles. The van der Waals surface area contributed by atoms with Crippen LogP contribution in [0.4, 0.5) is 0 Å². The number of benzene rings is 1. The third-order valence-electron chi connectivity index (χ3n) is 3.90. The molecule has 0 spiro atoms. The zero-order valence-electron chi connectivity index (χ0n) is 13.3. The first-order chi connectivity index (χ1) is 11.1. The predicted molar refractivity (Wildman–Crippen MR) is 93.8 cm³/mol. The van der Waals surface area contributed by atoms with E-state index in [1.807, 2.05) is 0 Å². The van der Waals surface area contributed by atoms with Crippen LogP contribution in [0.25, 0.3) is 0 Å². The van der Waals surface area contributed by atoms with Crippen LogP contribution in [0.1, 0.15) is 49.4 Å². The van der Waals surface area contributed by atoms with E-state index in [1.165, 1.54) is 18.4 Å². The topological polar surface area (TPSA) is 55.4 Å². The second kappa shape index (κ2) is 8.87. The molecule has 1 aliphatic carbocycles. The van der Waals surface area contributed by atoms with Crippen molar-refractivity contribution in [3.63, 3.8) is 0 Å². The van der Waals surface area contributed by atoms with Gasteiger partial charge in [-0.2, -0.15) is 0 Å². The molecule has 0 saturated carbocycles. The molecule has 1 N–H and O–H groups in total. The molecule has 1 aromatic rings. The summed E-state index contributed by atoms with van der Waals surface area (Å²) in [6.45, 7) is 2.31. The molecule has 0 radical (unpaired) electrons. The maximum absolute atomic E-state index is 12.1. The molecular formula is C18H22BrNO3. The largest absolute Gasteiger partial charge is 0.480 e. The first-order valence-corrected chi connectivity index (χ1v) is 8.76. The monoisotopic (exact) mass is 379 g/mol. The van der Waals surface area contributed by atoms with Gasteiger partial charge >= 0.3 is 0 Å². The minimum absolute atomic E-state index is 0.166. The minimum atomic E-state index is -0.643. The highest BCUT2D eigenvalue weighted by Gasteiger charge is 2.16. The summed E-state index contributed by atoms with van der Waals surface area (Å²) >= 11 is 3.31. The molecular weight excluding hydrogens is 358 g/mol. The van der Waals surface area contributed by atoms with E-state index in [0.29, 0.717) is 17.9 Å². The number of nitrogens with one attached hydrogen (secondary N) is 1. The Hall–Kier alpha value is -1.62. The Bertz CT molecular complexity index is 598. The molecule has 0 bridgehead atoms. The predicted octanol–water partition coefficient (Wildman–Crippen LogP) is 4.04. The van der Waals surface area contributed by atoms with Crippen molar-refractivity contribution >= 4 is 28.1 Å². The molecule has 1 aromatic carbocycles. The highest BCUT2D eigenvalue weighted by Crippen LogP contribution is 2.23. The third-order valence-corrected chi connectivity index (χ3v) is 4.40. The number of rotatable bonds is 7. The number of allylic oxidation sites excluding steroid dienone is 1. The summed E-state index contributed by atoms with van der Waals surface area (Å²) in [5.74, 6) is 0.252. The van der Waals surface area contributed by atoms with Crippen molar-refractivity contribution in [2.24, 2.45) is 0 Å². The Morgan fingerprint density at radius 3 is 2.96 bits per heavy atom. The van der Waals surface area contributed by atoms with Gasteiger partial charge in [0.25, 0.3) is 5.91 Å². The fraction of sp³-hybridized carbons (Fsp3) is 0.444. The summed E-state index contributed by atoms with van der Waals surface area (Å²) in [5, 5.41) is 2.90. The third kappa shape index (κ3) is 5.50. The number of halogens is 1.